The van der Waals surface area contributed by atoms with Gasteiger partial charge in [-0.2, -0.15) is 0 Å². The lowest BCUT2D eigenvalue weighted by Crippen LogP contribution is -3.61. The summed E-state index contributed by atoms with van der Waals surface area (Å²) in [6.07, 6.45) is 0. The molecule has 0 atom stereocenters. The minimum atomic E-state index is -4.64. The van der Waals surface area contributed by atoms with Crippen molar-refractivity contribution in [2.24, 2.45) is 0 Å². The molecule has 0 aliphatic rings. The molecule has 0 amide bonds. The minimum Gasteiger partial charge on any atom is -0.744 e. The van der Waals surface area contributed by atoms with Crippen LogP contribution in [-0.4, -0.2) is 27.2 Å². The van der Waals surface area contributed by atoms with Gasteiger partial charge in [0, 0.05) is 21.5 Å². The molecular formula is C28H23IO5S. The van der Waals surface area contributed by atoms with Crippen molar-refractivity contribution in [3.8, 4) is 11.5 Å². The van der Waals surface area contributed by atoms with Crippen molar-refractivity contribution in [1.82, 2.24) is 0 Å². The molecule has 0 spiro atoms. The SMILES string of the molecule is COc1c2ccccc2c(OC)c2c(S(=O)(=O)[O-])cccc12.c1ccc([I+]c2ccccc2)cc1. The van der Waals surface area contributed by atoms with Crippen LogP contribution in [0.15, 0.2) is 108 Å². The Morgan fingerprint density at radius 1 is 0.600 bits per heavy atom. The molecule has 0 aliphatic heterocycles. The summed E-state index contributed by atoms with van der Waals surface area (Å²) in [4.78, 5) is -0.314. The van der Waals surface area contributed by atoms with E-state index in [4.69, 9.17) is 9.47 Å². The molecule has 178 valence electrons. The van der Waals surface area contributed by atoms with Gasteiger partial charge in [-0.3, -0.25) is 0 Å². The number of hydrogen-bond acceptors (Lipinski definition) is 5. The number of benzene rings is 5. The zero-order valence-electron chi connectivity index (χ0n) is 19.1. The number of ether oxygens (including phenoxy) is 2. The Bertz CT molecular complexity index is 1520. The van der Waals surface area contributed by atoms with Crippen LogP contribution < -0.4 is 30.7 Å². The van der Waals surface area contributed by atoms with Crippen molar-refractivity contribution in [3.63, 3.8) is 0 Å². The van der Waals surface area contributed by atoms with Gasteiger partial charge in [0.1, 0.15) is 21.6 Å². The summed E-state index contributed by atoms with van der Waals surface area (Å²) in [5.41, 5.74) is 0. The zero-order valence-corrected chi connectivity index (χ0v) is 22.1. The van der Waals surface area contributed by atoms with E-state index >= 15 is 0 Å². The van der Waals surface area contributed by atoms with Crippen molar-refractivity contribution in [2.45, 2.75) is 4.90 Å². The third-order valence-corrected chi connectivity index (χ3v) is 8.84. The van der Waals surface area contributed by atoms with Gasteiger partial charge in [-0.05, 0) is 30.3 Å². The molecule has 0 aliphatic carbocycles. The molecular weight excluding hydrogens is 575 g/mol. The van der Waals surface area contributed by atoms with Crippen molar-refractivity contribution >= 4 is 31.7 Å². The Kier molecular flexibility index (Phi) is 7.90. The third-order valence-electron chi connectivity index (χ3n) is 5.28. The average Bonchev–Trinajstić information content (AvgIpc) is 2.88. The smallest absolute Gasteiger partial charge is 0.357 e. The van der Waals surface area contributed by atoms with E-state index in [1.165, 1.54) is 33.5 Å². The van der Waals surface area contributed by atoms with Gasteiger partial charge in [-0.1, -0.05) is 72.8 Å². The molecule has 5 aromatic carbocycles. The summed E-state index contributed by atoms with van der Waals surface area (Å²) in [5.74, 6) is 0.860. The standard InChI is InChI=1S/C16H14O5S.C12H10I/c1-20-15-10-6-3-4-7-11(10)16(21-2)14-12(15)8-5-9-13(14)22(17,18)19;1-3-7-11(8-4-1)13-12-9-5-2-6-10-12/h3-9H,1-2H3,(H,17,18,19);1-10H/q;+1/p-1. The fourth-order valence-corrected chi connectivity index (χ4v) is 6.80. The highest BCUT2D eigenvalue weighted by Crippen LogP contribution is 2.44. The van der Waals surface area contributed by atoms with Crippen LogP contribution in [-0.2, 0) is 10.1 Å². The second kappa shape index (κ2) is 11.1. The predicted octanol–water partition coefficient (Wildman–Crippen LogP) is 2.73. The number of fused-ring (bicyclic) bond motifs is 2. The van der Waals surface area contributed by atoms with Crippen molar-refractivity contribution in [1.29, 1.82) is 0 Å². The molecule has 5 rings (SSSR count). The molecule has 0 unspecified atom stereocenters. The lowest BCUT2D eigenvalue weighted by molar-refractivity contribution is -0.597. The normalized spacial score (nSPS) is 11.1. The van der Waals surface area contributed by atoms with Gasteiger partial charge in [-0.15, -0.1) is 0 Å². The van der Waals surface area contributed by atoms with E-state index in [9.17, 15) is 13.0 Å². The van der Waals surface area contributed by atoms with E-state index in [0.29, 0.717) is 22.3 Å². The summed E-state index contributed by atoms with van der Waals surface area (Å²) in [5, 5.41) is 2.24. The average molecular weight is 598 g/mol. The van der Waals surface area contributed by atoms with Gasteiger partial charge < -0.3 is 14.0 Å². The predicted molar refractivity (Wildman–Crippen MR) is 133 cm³/mol. The Morgan fingerprint density at radius 3 is 1.54 bits per heavy atom. The summed E-state index contributed by atoms with van der Waals surface area (Å²) >= 11 is 0.0287. The molecule has 0 heterocycles. The van der Waals surface area contributed by atoms with Crippen LogP contribution in [0.2, 0.25) is 0 Å². The van der Waals surface area contributed by atoms with Gasteiger partial charge in [-0.25, -0.2) is 8.42 Å². The van der Waals surface area contributed by atoms with E-state index in [2.05, 4.69) is 60.7 Å². The third kappa shape index (κ3) is 5.58. The fourth-order valence-electron chi connectivity index (χ4n) is 3.84. The first-order valence-electron chi connectivity index (χ1n) is 10.7. The molecule has 5 aromatic rings. The summed E-state index contributed by atoms with van der Waals surface area (Å²) in [7, 11) is -1.69. The maximum Gasteiger partial charge on any atom is 0.357 e. The molecule has 0 saturated heterocycles. The van der Waals surface area contributed by atoms with Crippen LogP contribution in [0, 0.1) is 7.14 Å². The molecule has 7 heteroatoms. The van der Waals surface area contributed by atoms with Gasteiger partial charge in [0.25, 0.3) is 0 Å². The minimum absolute atomic E-state index is 0.0287. The maximum atomic E-state index is 11.6. The Balaban J connectivity index is 0.000000189. The molecule has 0 fully saturated rings. The largest absolute Gasteiger partial charge is 0.744 e. The van der Waals surface area contributed by atoms with Crippen LogP contribution in [0.4, 0.5) is 0 Å². The van der Waals surface area contributed by atoms with Crippen LogP contribution in [0.25, 0.3) is 21.5 Å². The number of hydrogen-bond donors (Lipinski definition) is 0. The van der Waals surface area contributed by atoms with Crippen molar-refractivity contribution < 1.29 is 43.6 Å². The molecule has 0 radical (unpaired) electrons. The van der Waals surface area contributed by atoms with Crippen LogP contribution in [0.3, 0.4) is 0 Å². The molecule has 5 nitrogen and oxygen atoms in total. The summed E-state index contributed by atoms with van der Waals surface area (Å²) < 4.78 is 48.6. The van der Waals surface area contributed by atoms with Gasteiger partial charge in [0.15, 0.2) is 7.14 Å². The Hall–Kier alpha value is -3.14. The Labute approximate surface area is 215 Å². The van der Waals surface area contributed by atoms with Crippen LogP contribution >= 0.6 is 0 Å². The van der Waals surface area contributed by atoms with E-state index < -0.39 is 10.1 Å². The van der Waals surface area contributed by atoms with Gasteiger partial charge in [0.05, 0.1) is 19.1 Å². The van der Waals surface area contributed by atoms with E-state index in [1.807, 2.05) is 18.2 Å². The highest BCUT2D eigenvalue weighted by Gasteiger charge is 2.19. The number of methoxy groups -OCH3 is 2. The molecule has 0 N–H and O–H groups in total. The van der Waals surface area contributed by atoms with E-state index in [-0.39, 0.29) is 31.5 Å². The molecule has 35 heavy (non-hydrogen) atoms. The zero-order chi connectivity index (χ0) is 24.8. The molecule has 0 bridgehead atoms. The van der Waals surface area contributed by atoms with E-state index in [0.717, 1.165) is 5.39 Å². The first kappa shape index (κ1) is 25.0. The molecule has 0 aromatic heterocycles. The monoisotopic (exact) mass is 598 g/mol. The quantitative estimate of drug-likeness (QED) is 0.177. The lowest BCUT2D eigenvalue weighted by Gasteiger charge is -2.18. The van der Waals surface area contributed by atoms with Crippen LogP contribution in [0.1, 0.15) is 0 Å². The first-order valence-corrected chi connectivity index (χ1v) is 14.3. The Morgan fingerprint density at radius 2 is 1.06 bits per heavy atom. The number of rotatable bonds is 5. The molecule has 0 saturated carbocycles. The highest BCUT2D eigenvalue weighted by atomic mass is 127. The first-order chi connectivity index (χ1) is 16.9. The lowest BCUT2D eigenvalue weighted by atomic mass is 10.0. The van der Waals surface area contributed by atoms with Gasteiger partial charge >= 0.3 is 21.2 Å². The second-order valence-electron chi connectivity index (χ2n) is 7.43. The van der Waals surface area contributed by atoms with Gasteiger partial charge in [0.2, 0.25) is 0 Å². The van der Waals surface area contributed by atoms with Crippen LogP contribution in [0.5, 0.6) is 11.5 Å². The van der Waals surface area contributed by atoms with E-state index in [1.54, 1.807) is 12.1 Å². The second-order valence-corrected chi connectivity index (χ2v) is 11.8. The summed E-state index contributed by atoms with van der Waals surface area (Å²) in [6.45, 7) is 0. The number of halogens is 1. The van der Waals surface area contributed by atoms with Crippen molar-refractivity contribution in [3.05, 3.63) is 110 Å². The van der Waals surface area contributed by atoms with Crippen molar-refractivity contribution in [2.75, 3.05) is 14.2 Å². The summed E-state index contributed by atoms with van der Waals surface area (Å²) in [6, 6.07) is 33.2. The maximum absolute atomic E-state index is 11.6. The fraction of sp³-hybridized carbons (Fsp3) is 0.0714. The highest BCUT2D eigenvalue weighted by molar-refractivity contribution is 7.86. The topological polar surface area (TPSA) is 75.7 Å².